The lowest BCUT2D eigenvalue weighted by Crippen LogP contribution is -2.29. The summed E-state index contributed by atoms with van der Waals surface area (Å²) >= 11 is 0. The number of methoxy groups -OCH3 is 1. The Morgan fingerprint density at radius 1 is 1.33 bits per heavy atom. The number of amides is 1. The summed E-state index contributed by atoms with van der Waals surface area (Å²) in [5.74, 6) is -0.454. The van der Waals surface area contributed by atoms with Gasteiger partial charge in [0.15, 0.2) is 0 Å². The van der Waals surface area contributed by atoms with E-state index < -0.39 is 17.6 Å². The number of hydrazone groups is 1. The number of rotatable bonds is 4. The van der Waals surface area contributed by atoms with Gasteiger partial charge in [-0.25, -0.2) is 14.8 Å². The SMILES string of the molecule is COC(=O)c1cccc(Oc2nc[nH]c(=O)c2[C@H]2CC(C)=NN2C(C)=O)c1. The number of aromatic nitrogens is 2. The van der Waals surface area contributed by atoms with Crippen LogP contribution in [0.4, 0.5) is 0 Å². The van der Waals surface area contributed by atoms with E-state index in [4.69, 9.17) is 9.47 Å². The zero-order chi connectivity index (χ0) is 19.6. The van der Waals surface area contributed by atoms with E-state index in [2.05, 4.69) is 15.1 Å². The molecule has 1 aliphatic rings. The fourth-order valence-electron chi connectivity index (χ4n) is 2.86. The van der Waals surface area contributed by atoms with Crippen LogP contribution in [0.1, 0.15) is 42.2 Å². The average Bonchev–Trinajstić information content (AvgIpc) is 3.03. The van der Waals surface area contributed by atoms with Crippen molar-refractivity contribution in [3.05, 3.63) is 52.1 Å². The molecule has 9 heteroatoms. The van der Waals surface area contributed by atoms with Crippen LogP contribution in [0.5, 0.6) is 11.6 Å². The van der Waals surface area contributed by atoms with Gasteiger partial charge in [-0.3, -0.25) is 9.59 Å². The van der Waals surface area contributed by atoms with E-state index in [0.29, 0.717) is 17.7 Å². The van der Waals surface area contributed by atoms with E-state index in [-0.39, 0.29) is 17.4 Å². The van der Waals surface area contributed by atoms with Gasteiger partial charge in [0.05, 0.1) is 25.0 Å². The fraction of sp³-hybridized carbons (Fsp3) is 0.278. The Hall–Kier alpha value is -3.49. The lowest BCUT2D eigenvalue weighted by Gasteiger charge is -2.21. The lowest BCUT2D eigenvalue weighted by molar-refractivity contribution is -0.130. The van der Waals surface area contributed by atoms with E-state index in [1.807, 2.05) is 0 Å². The molecule has 0 unspecified atom stereocenters. The first-order valence-electron chi connectivity index (χ1n) is 8.18. The van der Waals surface area contributed by atoms with Gasteiger partial charge < -0.3 is 14.5 Å². The first-order chi connectivity index (χ1) is 12.9. The molecule has 1 aliphatic heterocycles. The molecule has 1 amide bonds. The van der Waals surface area contributed by atoms with Gasteiger partial charge in [0.25, 0.3) is 5.56 Å². The van der Waals surface area contributed by atoms with Crippen molar-refractivity contribution in [1.29, 1.82) is 0 Å². The maximum absolute atomic E-state index is 12.5. The highest BCUT2D eigenvalue weighted by atomic mass is 16.5. The van der Waals surface area contributed by atoms with Crippen molar-refractivity contribution in [3.8, 4) is 11.6 Å². The Labute approximate surface area is 154 Å². The Morgan fingerprint density at radius 3 is 2.81 bits per heavy atom. The van der Waals surface area contributed by atoms with E-state index in [1.165, 1.54) is 31.4 Å². The molecule has 0 radical (unpaired) electrons. The molecular weight excluding hydrogens is 352 g/mol. The minimum absolute atomic E-state index is 0.0434. The maximum atomic E-state index is 12.5. The summed E-state index contributed by atoms with van der Waals surface area (Å²) in [7, 11) is 1.28. The highest BCUT2D eigenvalue weighted by Crippen LogP contribution is 2.34. The van der Waals surface area contributed by atoms with Gasteiger partial charge in [-0.05, 0) is 25.1 Å². The predicted octanol–water partition coefficient (Wildman–Crippen LogP) is 2.02. The van der Waals surface area contributed by atoms with Gasteiger partial charge in [0, 0.05) is 19.1 Å². The topological polar surface area (TPSA) is 114 Å². The van der Waals surface area contributed by atoms with Crippen molar-refractivity contribution in [3.63, 3.8) is 0 Å². The summed E-state index contributed by atoms with van der Waals surface area (Å²) in [6.45, 7) is 3.15. The monoisotopic (exact) mass is 370 g/mol. The first-order valence-corrected chi connectivity index (χ1v) is 8.18. The third kappa shape index (κ3) is 3.71. The van der Waals surface area contributed by atoms with Gasteiger partial charge in [-0.1, -0.05) is 6.07 Å². The van der Waals surface area contributed by atoms with Crippen LogP contribution in [-0.2, 0) is 9.53 Å². The number of nitrogens with one attached hydrogen (secondary N) is 1. The van der Waals surface area contributed by atoms with E-state index in [0.717, 1.165) is 5.71 Å². The molecule has 1 atom stereocenters. The predicted molar refractivity (Wildman–Crippen MR) is 95.7 cm³/mol. The summed E-state index contributed by atoms with van der Waals surface area (Å²) in [5, 5.41) is 5.44. The van der Waals surface area contributed by atoms with Gasteiger partial charge in [-0.2, -0.15) is 5.10 Å². The highest BCUT2D eigenvalue weighted by molar-refractivity contribution is 5.90. The molecule has 0 saturated heterocycles. The molecule has 2 heterocycles. The summed E-state index contributed by atoms with van der Waals surface area (Å²) in [6.07, 6.45) is 1.61. The van der Waals surface area contributed by atoms with Crippen molar-refractivity contribution in [2.24, 2.45) is 5.10 Å². The lowest BCUT2D eigenvalue weighted by atomic mass is 10.0. The Morgan fingerprint density at radius 2 is 2.11 bits per heavy atom. The zero-order valence-corrected chi connectivity index (χ0v) is 15.1. The van der Waals surface area contributed by atoms with Crippen molar-refractivity contribution < 1.29 is 19.1 Å². The van der Waals surface area contributed by atoms with Crippen LogP contribution in [0, 0.1) is 0 Å². The van der Waals surface area contributed by atoms with Gasteiger partial charge in [0.1, 0.15) is 11.3 Å². The van der Waals surface area contributed by atoms with Crippen LogP contribution in [0.15, 0.2) is 40.5 Å². The quantitative estimate of drug-likeness (QED) is 0.824. The van der Waals surface area contributed by atoms with E-state index >= 15 is 0 Å². The standard InChI is InChI=1S/C18H18N4O5/c1-10-7-14(22(21-10)11(2)23)15-16(24)19-9-20-17(15)27-13-6-4-5-12(8-13)18(25)26-3/h4-6,8-9,14H,7H2,1-3H3,(H,19,20,24)/t14-/m1/s1. The molecule has 1 aromatic carbocycles. The number of carbonyl (C=O) groups excluding carboxylic acids is 2. The third-order valence-corrected chi connectivity index (χ3v) is 4.04. The van der Waals surface area contributed by atoms with Crippen molar-refractivity contribution >= 4 is 17.6 Å². The Kier molecular flexibility index (Phi) is 5.02. The van der Waals surface area contributed by atoms with E-state index in [9.17, 15) is 14.4 Å². The van der Waals surface area contributed by atoms with Crippen LogP contribution >= 0.6 is 0 Å². The summed E-state index contributed by atoms with van der Waals surface area (Å²) in [5.41, 5.74) is 0.783. The van der Waals surface area contributed by atoms with Crippen LogP contribution < -0.4 is 10.3 Å². The minimum atomic E-state index is -0.612. The second-order valence-corrected chi connectivity index (χ2v) is 5.99. The van der Waals surface area contributed by atoms with Crippen LogP contribution in [0.25, 0.3) is 0 Å². The molecule has 0 bridgehead atoms. The molecule has 140 valence electrons. The largest absolute Gasteiger partial charge is 0.465 e. The number of benzene rings is 1. The number of esters is 1. The van der Waals surface area contributed by atoms with Crippen molar-refractivity contribution in [1.82, 2.24) is 15.0 Å². The molecular formula is C18H18N4O5. The normalized spacial score (nSPS) is 16.0. The number of aromatic amines is 1. The number of ether oxygens (including phenoxy) is 2. The second-order valence-electron chi connectivity index (χ2n) is 5.99. The fourth-order valence-corrected chi connectivity index (χ4v) is 2.86. The molecule has 1 N–H and O–H groups in total. The van der Waals surface area contributed by atoms with Crippen molar-refractivity contribution in [2.45, 2.75) is 26.3 Å². The highest BCUT2D eigenvalue weighted by Gasteiger charge is 2.34. The number of hydrogen-bond donors (Lipinski definition) is 1. The maximum Gasteiger partial charge on any atom is 0.337 e. The number of hydrogen-bond acceptors (Lipinski definition) is 7. The zero-order valence-electron chi connectivity index (χ0n) is 15.1. The average molecular weight is 370 g/mol. The Bertz CT molecular complexity index is 982. The molecule has 9 nitrogen and oxygen atoms in total. The molecule has 27 heavy (non-hydrogen) atoms. The number of carbonyl (C=O) groups is 2. The van der Waals surface area contributed by atoms with Crippen LogP contribution in [0.2, 0.25) is 0 Å². The summed E-state index contributed by atoms with van der Waals surface area (Å²) in [4.78, 5) is 42.7. The first kappa shape index (κ1) is 18.3. The van der Waals surface area contributed by atoms with Crippen LogP contribution in [-0.4, -0.2) is 39.7 Å². The molecule has 0 saturated carbocycles. The second kappa shape index (κ2) is 7.40. The number of H-pyrrole nitrogens is 1. The third-order valence-electron chi connectivity index (χ3n) is 4.04. The van der Waals surface area contributed by atoms with Gasteiger partial charge >= 0.3 is 5.97 Å². The molecule has 2 aromatic rings. The molecule has 0 fully saturated rings. The number of nitrogens with zero attached hydrogens (tertiary/aromatic N) is 3. The van der Waals surface area contributed by atoms with Gasteiger partial charge in [-0.15, -0.1) is 0 Å². The van der Waals surface area contributed by atoms with E-state index in [1.54, 1.807) is 25.1 Å². The molecule has 1 aromatic heterocycles. The summed E-state index contributed by atoms with van der Waals surface area (Å²) < 4.78 is 10.5. The van der Waals surface area contributed by atoms with Crippen molar-refractivity contribution in [2.75, 3.05) is 7.11 Å². The molecule has 0 aliphatic carbocycles. The smallest absolute Gasteiger partial charge is 0.337 e. The van der Waals surface area contributed by atoms with Crippen LogP contribution in [0.3, 0.4) is 0 Å². The minimum Gasteiger partial charge on any atom is -0.465 e. The van der Waals surface area contributed by atoms with Gasteiger partial charge in [0.2, 0.25) is 11.8 Å². The molecule has 0 spiro atoms. The summed E-state index contributed by atoms with van der Waals surface area (Å²) in [6, 6.07) is 5.70. The Balaban J connectivity index is 1.99. The molecule has 3 rings (SSSR count).